The zero-order valence-electron chi connectivity index (χ0n) is 22.4. The predicted molar refractivity (Wildman–Crippen MR) is 170 cm³/mol. The minimum atomic E-state index is -1.15. The van der Waals surface area contributed by atoms with Crippen molar-refractivity contribution in [2.24, 2.45) is 5.41 Å². The normalized spacial score (nSPS) is 19.4. The third kappa shape index (κ3) is 5.22. The molecular formula is C29H30BrCl2N5OS2. The number of aromatic amines is 1. The second kappa shape index (κ2) is 10.9. The van der Waals surface area contributed by atoms with Crippen molar-refractivity contribution in [2.75, 3.05) is 18.0 Å². The van der Waals surface area contributed by atoms with Gasteiger partial charge in [-0.2, -0.15) is 0 Å². The van der Waals surface area contributed by atoms with Gasteiger partial charge in [-0.05, 0) is 84.6 Å². The van der Waals surface area contributed by atoms with E-state index in [1.54, 1.807) is 12.3 Å². The smallest absolute Gasteiger partial charge is 0.158 e. The van der Waals surface area contributed by atoms with E-state index >= 15 is 0 Å². The monoisotopic (exact) mass is 677 g/mol. The summed E-state index contributed by atoms with van der Waals surface area (Å²) in [6, 6.07) is 14.3. The van der Waals surface area contributed by atoms with E-state index in [4.69, 9.17) is 28.2 Å². The van der Waals surface area contributed by atoms with Crippen LogP contribution in [0.3, 0.4) is 0 Å². The SMILES string of the molecule is CC(C)(C)S(=O)N[C@@H]1c2ccccc2CC12CCN(c1[nH]c3ncc(Sc4cccc(Cl)c4Cl)nc3c1Br)CC2. The summed E-state index contributed by atoms with van der Waals surface area (Å²) in [7, 11) is -1.15. The largest absolute Gasteiger partial charge is 0.357 e. The number of nitrogens with one attached hydrogen (secondary N) is 2. The number of piperidine rings is 1. The fourth-order valence-corrected chi connectivity index (χ4v) is 8.60. The lowest BCUT2D eigenvalue weighted by Gasteiger charge is -2.44. The molecule has 1 aliphatic heterocycles. The molecule has 40 heavy (non-hydrogen) atoms. The van der Waals surface area contributed by atoms with Crippen molar-refractivity contribution < 1.29 is 4.21 Å². The zero-order valence-corrected chi connectivity index (χ0v) is 27.2. The highest BCUT2D eigenvalue weighted by atomic mass is 79.9. The summed E-state index contributed by atoms with van der Waals surface area (Å²) in [5, 5.41) is 1.77. The van der Waals surface area contributed by atoms with Crippen molar-refractivity contribution in [3.63, 3.8) is 0 Å². The molecule has 2 aromatic carbocycles. The maximum atomic E-state index is 13.2. The second-order valence-corrected chi connectivity index (χ2v) is 16.1. The molecule has 0 bridgehead atoms. The van der Waals surface area contributed by atoms with Gasteiger partial charge in [0.15, 0.2) is 5.65 Å². The number of aromatic nitrogens is 3. The molecule has 6 rings (SSSR count). The number of fused-ring (bicyclic) bond motifs is 2. The van der Waals surface area contributed by atoms with Gasteiger partial charge < -0.3 is 9.88 Å². The van der Waals surface area contributed by atoms with Gasteiger partial charge in [0.2, 0.25) is 0 Å². The number of rotatable bonds is 5. The van der Waals surface area contributed by atoms with Gasteiger partial charge in [0.25, 0.3) is 0 Å². The quantitative estimate of drug-likeness (QED) is 0.223. The Morgan fingerprint density at radius 2 is 1.90 bits per heavy atom. The summed E-state index contributed by atoms with van der Waals surface area (Å²) >= 11 is 17.8. The molecule has 1 fully saturated rings. The highest BCUT2D eigenvalue weighted by molar-refractivity contribution is 9.10. The zero-order chi connectivity index (χ0) is 28.2. The third-order valence-corrected chi connectivity index (χ3v) is 12.1. The molecule has 1 saturated heterocycles. The van der Waals surface area contributed by atoms with Gasteiger partial charge in [-0.3, -0.25) is 0 Å². The van der Waals surface area contributed by atoms with E-state index < -0.39 is 11.0 Å². The molecule has 0 amide bonds. The Kier molecular flexibility index (Phi) is 7.76. The summed E-state index contributed by atoms with van der Waals surface area (Å²) in [6.07, 6.45) is 4.72. The number of halogens is 3. The molecule has 2 N–H and O–H groups in total. The second-order valence-electron chi connectivity index (χ2n) is 11.5. The molecule has 1 unspecified atom stereocenters. The summed E-state index contributed by atoms with van der Waals surface area (Å²) in [5.41, 5.74) is 4.20. The molecule has 2 aromatic heterocycles. The van der Waals surface area contributed by atoms with Gasteiger partial charge in [-0.25, -0.2) is 18.9 Å². The van der Waals surface area contributed by atoms with Gasteiger partial charge in [0, 0.05) is 18.0 Å². The molecule has 1 spiro atoms. The van der Waals surface area contributed by atoms with Crippen molar-refractivity contribution in [2.45, 2.75) is 60.7 Å². The van der Waals surface area contributed by atoms with Crippen molar-refractivity contribution in [3.8, 4) is 0 Å². The number of benzene rings is 2. The van der Waals surface area contributed by atoms with Crippen molar-refractivity contribution in [3.05, 3.63) is 74.3 Å². The first kappa shape index (κ1) is 28.5. The van der Waals surface area contributed by atoms with E-state index in [1.165, 1.54) is 22.9 Å². The lowest BCUT2D eigenvalue weighted by atomic mass is 9.73. The van der Waals surface area contributed by atoms with Gasteiger partial charge in [0.1, 0.15) is 16.4 Å². The molecule has 6 nitrogen and oxygen atoms in total. The fraction of sp³-hybridized carbons (Fsp3) is 0.379. The van der Waals surface area contributed by atoms with Crippen LogP contribution in [0.4, 0.5) is 5.82 Å². The van der Waals surface area contributed by atoms with Crippen molar-refractivity contribution in [1.82, 2.24) is 19.7 Å². The number of H-pyrrole nitrogens is 1. The highest BCUT2D eigenvalue weighted by Gasteiger charge is 2.49. The molecule has 0 radical (unpaired) electrons. The van der Waals surface area contributed by atoms with Crippen LogP contribution in [0.2, 0.25) is 10.0 Å². The lowest BCUT2D eigenvalue weighted by Crippen LogP contribution is -2.48. The molecule has 2 aliphatic rings. The van der Waals surface area contributed by atoms with Crippen LogP contribution in [-0.4, -0.2) is 37.0 Å². The minimum absolute atomic E-state index is 0.0239. The molecule has 0 saturated carbocycles. The molecule has 1 aliphatic carbocycles. The topological polar surface area (TPSA) is 73.9 Å². The highest BCUT2D eigenvalue weighted by Crippen LogP contribution is 2.53. The molecular weight excluding hydrogens is 649 g/mol. The van der Waals surface area contributed by atoms with Crippen LogP contribution in [0.15, 0.2) is 63.1 Å². The lowest BCUT2D eigenvalue weighted by molar-refractivity contribution is 0.177. The van der Waals surface area contributed by atoms with E-state index in [2.05, 4.69) is 59.8 Å². The Morgan fingerprint density at radius 1 is 1.15 bits per heavy atom. The van der Waals surface area contributed by atoms with Crippen LogP contribution in [0.5, 0.6) is 0 Å². The Bertz CT molecular complexity index is 1610. The Morgan fingerprint density at radius 3 is 2.65 bits per heavy atom. The Labute approximate surface area is 259 Å². The maximum absolute atomic E-state index is 13.2. The third-order valence-electron chi connectivity index (χ3n) is 7.91. The first-order valence-corrected chi connectivity index (χ1v) is 16.7. The summed E-state index contributed by atoms with van der Waals surface area (Å²) < 4.78 is 17.3. The molecule has 2 atom stereocenters. The molecule has 210 valence electrons. The van der Waals surface area contributed by atoms with E-state index in [0.29, 0.717) is 10.0 Å². The van der Waals surface area contributed by atoms with Crippen LogP contribution in [0.1, 0.15) is 50.8 Å². The summed E-state index contributed by atoms with van der Waals surface area (Å²) in [6.45, 7) is 7.82. The van der Waals surface area contributed by atoms with Crippen LogP contribution >= 0.6 is 50.9 Å². The van der Waals surface area contributed by atoms with Gasteiger partial charge in [-0.15, -0.1) is 0 Å². The van der Waals surface area contributed by atoms with Crippen LogP contribution in [0, 0.1) is 5.41 Å². The fourth-order valence-electron chi connectivity index (χ4n) is 5.74. The predicted octanol–water partition coefficient (Wildman–Crippen LogP) is 8.11. The standard InChI is InChI=1S/C29H30BrCl2N5OS2/c1-28(2,3)40(38)36-25-18-8-5-4-7-17(18)15-29(25)11-13-37(14-12-29)27-22(30)24-26(35-27)33-16-21(34-24)39-20-10-6-9-19(31)23(20)32/h4-10,16,25,36H,11-15H2,1-3H3,(H,33,35)/t25-,40?/m1/s1. The number of nitrogens with zero attached hydrogens (tertiary/aromatic N) is 3. The number of hydrogen-bond donors (Lipinski definition) is 2. The maximum Gasteiger partial charge on any atom is 0.158 e. The molecule has 11 heteroatoms. The van der Waals surface area contributed by atoms with Gasteiger partial charge >= 0.3 is 0 Å². The van der Waals surface area contributed by atoms with E-state index in [0.717, 1.165) is 63.7 Å². The van der Waals surface area contributed by atoms with E-state index in [1.807, 2.05) is 32.9 Å². The van der Waals surface area contributed by atoms with Gasteiger partial charge in [0.05, 0.1) is 42.5 Å². The number of hydrogen-bond acceptors (Lipinski definition) is 5. The first-order valence-electron chi connectivity index (χ1n) is 13.2. The van der Waals surface area contributed by atoms with E-state index in [-0.39, 0.29) is 16.2 Å². The average Bonchev–Trinajstić information content (AvgIpc) is 3.41. The Balaban J connectivity index is 1.23. The van der Waals surface area contributed by atoms with Crippen LogP contribution < -0.4 is 9.62 Å². The summed E-state index contributed by atoms with van der Waals surface area (Å²) in [5.74, 6) is 0.992. The van der Waals surface area contributed by atoms with Crippen molar-refractivity contribution >= 4 is 78.9 Å². The van der Waals surface area contributed by atoms with Crippen LogP contribution in [-0.2, 0) is 17.4 Å². The van der Waals surface area contributed by atoms with E-state index in [9.17, 15) is 4.21 Å². The average molecular weight is 680 g/mol. The molecule has 4 aromatic rings. The van der Waals surface area contributed by atoms with Gasteiger partial charge in [-0.1, -0.05) is 65.3 Å². The minimum Gasteiger partial charge on any atom is -0.357 e. The van der Waals surface area contributed by atoms with Crippen molar-refractivity contribution in [1.29, 1.82) is 0 Å². The first-order chi connectivity index (χ1) is 19.1. The molecule has 3 heterocycles. The van der Waals surface area contributed by atoms with Crippen LogP contribution in [0.25, 0.3) is 11.2 Å². The Hall–Kier alpha value is -1.62. The number of anilines is 1. The summed E-state index contributed by atoms with van der Waals surface area (Å²) in [4.78, 5) is 16.2.